The van der Waals surface area contributed by atoms with Crippen LogP contribution < -0.4 is 5.73 Å². The zero-order chi connectivity index (χ0) is 13.5. The number of rotatable bonds is 3. The Morgan fingerprint density at radius 1 is 1.21 bits per heavy atom. The molecule has 2 unspecified atom stereocenters. The van der Waals surface area contributed by atoms with Gasteiger partial charge >= 0.3 is 0 Å². The molecule has 0 bridgehead atoms. The highest BCUT2D eigenvalue weighted by Gasteiger charge is 2.33. The van der Waals surface area contributed by atoms with Crippen molar-refractivity contribution in [3.8, 4) is 0 Å². The molecule has 0 radical (unpaired) electrons. The van der Waals surface area contributed by atoms with Crippen LogP contribution in [0.2, 0.25) is 0 Å². The molecular formula is C15H21NO2S. The van der Waals surface area contributed by atoms with Gasteiger partial charge in [-0.05, 0) is 42.2 Å². The third-order valence-corrected chi connectivity index (χ3v) is 6.44. The molecule has 1 saturated carbocycles. The van der Waals surface area contributed by atoms with Crippen LogP contribution in [0, 0.1) is 5.92 Å². The first-order valence-electron chi connectivity index (χ1n) is 7.11. The highest BCUT2D eigenvalue weighted by molar-refractivity contribution is 7.91. The second-order valence-corrected chi connectivity index (χ2v) is 8.22. The minimum Gasteiger partial charge on any atom is -0.324 e. The van der Waals surface area contributed by atoms with Gasteiger partial charge < -0.3 is 5.73 Å². The zero-order valence-corrected chi connectivity index (χ0v) is 11.9. The van der Waals surface area contributed by atoms with E-state index in [-0.39, 0.29) is 17.7 Å². The summed E-state index contributed by atoms with van der Waals surface area (Å²) in [4.78, 5) is 0. The third kappa shape index (κ3) is 2.70. The molecule has 19 heavy (non-hydrogen) atoms. The van der Waals surface area contributed by atoms with Gasteiger partial charge in [-0.1, -0.05) is 30.7 Å². The summed E-state index contributed by atoms with van der Waals surface area (Å²) in [5, 5.41) is 0. The first-order chi connectivity index (χ1) is 9.05. The quantitative estimate of drug-likeness (QED) is 0.924. The minimum absolute atomic E-state index is 0.0849. The molecule has 1 aromatic rings. The molecule has 104 valence electrons. The first-order valence-corrected chi connectivity index (χ1v) is 8.93. The van der Waals surface area contributed by atoms with Crippen LogP contribution in [-0.4, -0.2) is 19.9 Å². The van der Waals surface area contributed by atoms with Crippen molar-refractivity contribution in [1.82, 2.24) is 0 Å². The lowest BCUT2D eigenvalue weighted by Gasteiger charge is -2.27. The molecule has 3 nitrogen and oxygen atoms in total. The highest BCUT2D eigenvalue weighted by atomic mass is 32.2. The lowest BCUT2D eigenvalue weighted by molar-refractivity contribution is 0.418. The molecule has 2 aliphatic rings. The standard InChI is InChI=1S/C15H21NO2S/c16-15(14-7-8-19(17,18)10-14)13-6-2-5-12(9-13)11-3-1-4-11/h2,5-6,9,11,14-15H,1,3-4,7-8,10,16H2. The van der Waals surface area contributed by atoms with Crippen LogP contribution in [0.3, 0.4) is 0 Å². The van der Waals surface area contributed by atoms with Crippen LogP contribution in [-0.2, 0) is 9.84 Å². The second-order valence-electron chi connectivity index (χ2n) is 5.99. The maximum Gasteiger partial charge on any atom is 0.150 e. The number of hydrogen-bond donors (Lipinski definition) is 1. The molecule has 1 aliphatic heterocycles. The number of nitrogens with two attached hydrogens (primary N) is 1. The van der Waals surface area contributed by atoms with E-state index < -0.39 is 9.84 Å². The van der Waals surface area contributed by atoms with Gasteiger partial charge in [-0.2, -0.15) is 0 Å². The molecule has 4 heteroatoms. The Labute approximate surface area is 115 Å². The summed E-state index contributed by atoms with van der Waals surface area (Å²) < 4.78 is 23.1. The Morgan fingerprint density at radius 3 is 2.58 bits per heavy atom. The third-order valence-electron chi connectivity index (χ3n) is 4.65. The van der Waals surface area contributed by atoms with Crippen molar-refractivity contribution < 1.29 is 8.42 Å². The van der Waals surface area contributed by atoms with Gasteiger partial charge in [-0.3, -0.25) is 0 Å². The fourth-order valence-corrected chi connectivity index (χ4v) is 5.00. The maximum atomic E-state index is 11.6. The number of hydrogen-bond acceptors (Lipinski definition) is 3. The highest BCUT2D eigenvalue weighted by Crippen LogP contribution is 2.38. The average molecular weight is 279 g/mol. The van der Waals surface area contributed by atoms with Crippen molar-refractivity contribution in [2.75, 3.05) is 11.5 Å². The van der Waals surface area contributed by atoms with Gasteiger partial charge in [0.25, 0.3) is 0 Å². The smallest absolute Gasteiger partial charge is 0.150 e. The van der Waals surface area contributed by atoms with E-state index in [2.05, 4.69) is 18.2 Å². The molecule has 1 saturated heterocycles. The fourth-order valence-electron chi connectivity index (χ4n) is 3.14. The van der Waals surface area contributed by atoms with E-state index in [1.54, 1.807) is 0 Å². The van der Waals surface area contributed by atoms with E-state index in [0.29, 0.717) is 18.1 Å². The van der Waals surface area contributed by atoms with E-state index in [1.807, 2.05) is 6.07 Å². The largest absolute Gasteiger partial charge is 0.324 e. The molecule has 2 fully saturated rings. The summed E-state index contributed by atoms with van der Waals surface area (Å²) in [5.41, 5.74) is 8.76. The van der Waals surface area contributed by atoms with Crippen molar-refractivity contribution >= 4 is 9.84 Å². The summed E-state index contributed by atoms with van der Waals surface area (Å²) in [7, 11) is -2.85. The Morgan fingerprint density at radius 2 is 2.00 bits per heavy atom. The number of sulfone groups is 1. The van der Waals surface area contributed by atoms with E-state index in [4.69, 9.17) is 5.73 Å². The lowest BCUT2D eigenvalue weighted by Crippen LogP contribution is -2.23. The van der Waals surface area contributed by atoms with Gasteiger partial charge in [0.05, 0.1) is 11.5 Å². The molecule has 0 aromatic heterocycles. The molecule has 3 rings (SSSR count). The van der Waals surface area contributed by atoms with Gasteiger partial charge in [0.1, 0.15) is 0 Å². The predicted molar refractivity (Wildman–Crippen MR) is 76.7 cm³/mol. The summed E-state index contributed by atoms with van der Waals surface area (Å²) in [6.07, 6.45) is 4.58. The summed E-state index contributed by atoms with van der Waals surface area (Å²) in [5.74, 6) is 1.33. The minimum atomic E-state index is -2.85. The Hall–Kier alpha value is -0.870. The van der Waals surface area contributed by atoms with Crippen molar-refractivity contribution in [3.63, 3.8) is 0 Å². The zero-order valence-electron chi connectivity index (χ0n) is 11.1. The van der Waals surface area contributed by atoms with Crippen molar-refractivity contribution in [2.45, 2.75) is 37.6 Å². The molecule has 2 atom stereocenters. The molecule has 2 N–H and O–H groups in total. The van der Waals surface area contributed by atoms with Crippen LogP contribution in [0.1, 0.15) is 48.8 Å². The van der Waals surface area contributed by atoms with Gasteiger partial charge in [0.2, 0.25) is 0 Å². The van der Waals surface area contributed by atoms with Gasteiger partial charge in [-0.15, -0.1) is 0 Å². The van der Waals surface area contributed by atoms with E-state index in [9.17, 15) is 8.42 Å². The Balaban J connectivity index is 1.78. The summed E-state index contributed by atoms with van der Waals surface area (Å²) >= 11 is 0. The SMILES string of the molecule is NC(c1cccc(C2CCC2)c1)C1CCS(=O)(=O)C1. The summed E-state index contributed by atoms with van der Waals surface area (Å²) in [6.45, 7) is 0. The number of benzene rings is 1. The second kappa shape index (κ2) is 4.91. The van der Waals surface area contributed by atoms with E-state index >= 15 is 0 Å². The van der Waals surface area contributed by atoms with Crippen LogP contribution in [0.4, 0.5) is 0 Å². The molecule has 1 aromatic carbocycles. The van der Waals surface area contributed by atoms with E-state index in [0.717, 1.165) is 5.56 Å². The lowest BCUT2D eigenvalue weighted by atomic mass is 9.79. The van der Waals surface area contributed by atoms with E-state index in [1.165, 1.54) is 24.8 Å². The predicted octanol–water partition coefficient (Wildman–Crippen LogP) is 2.39. The Kier molecular flexibility index (Phi) is 3.39. The molecule has 1 heterocycles. The van der Waals surface area contributed by atoms with Gasteiger partial charge in [0, 0.05) is 6.04 Å². The first kappa shape index (κ1) is 13.1. The fraction of sp³-hybridized carbons (Fsp3) is 0.600. The Bertz CT molecular complexity index is 563. The van der Waals surface area contributed by atoms with Crippen LogP contribution in [0.25, 0.3) is 0 Å². The van der Waals surface area contributed by atoms with Crippen molar-refractivity contribution in [3.05, 3.63) is 35.4 Å². The molecule has 1 aliphatic carbocycles. The maximum absolute atomic E-state index is 11.6. The average Bonchev–Trinajstić information content (AvgIpc) is 2.67. The van der Waals surface area contributed by atoms with Gasteiger partial charge in [0.15, 0.2) is 9.84 Å². The normalized spacial score (nSPS) is 27.9. The van der Waals surface area contributed by atoms with Crippen LogP contribution >= 0.6 is 0 Å². The topological polar surface area (TPSA) is 60.2 Å². The van der Waals surface area contributed by atoms with Crippen molar-refractivity contribution in [2.24, 2.45) is 11.7 Å². The van der Waals surface area contributed by atoms with Crippen molar-refractivity contribution in [1.29, 1.82) is 0 Å². The molecule has 0 spiro atoms. The summed E-state index contributed by atoms with van der Waals surface area (Å²) in [6, 6.07) is 8.33. The van der Waals surface area contributed by atoms with Gasteiger partial charge in [-0.25, -0.2) is 8.42 Å². The molecule has 0 amide bonds. The monoisotopic (exact) mass is 279 g/mol. The van der Waals surface area contributed by atoms with Crippen LogP contribution in [0.15, 0.2) is 24.3 Å². The molecular weight excluding hydrogens is 258 g/mol. The van der Waals surface area contributed by atoms with Crippen LogP contribution in [0.5, 0.6) is 0 Å².